The number of hydrogen-bond acceptors (Lipinski definition) is 10. The molecule has 12 nitrogen and oxygen atoms in total. The van der Waals surface area contributed by atoms with Crippen molar-refractivity contribution in [2.24, 2.45) is 11.1 Å². The highest BCUT2D eigenvalue weighted by atomic mass is 16.5. The van der Waals surface area contributed by atoms with Crippen LogP contribution in [0.5, 0.6) is 0 Å². The molecule has 6 bridgehead atoms. The summed E-state index contributed by atoms with van der Waals surface area (Å²) in [4.78, 5) is 36.1. The average Bonchev–Trinajstić information content (AvgIpc) is 3.64. The molecular weight excluding hydrogens is 562 g/mol. The zero-order chi connectivity index (χ0) is 30.7. The van der Waals surface area contributed by atoms with Crippen LogP contribution in [0.2, 0.25) is 0 Å². The lowest BCUT2D eigenvalue weighted by Crippen LogP contribution is -2.59. The summed E-state index contributed by atoms with van der Waals surface area (Å²) in [5.74, 6) is -0.291. The first-order valence-corrected chi connectivity index (χ1v) is 15.2. The van der Waals surface area contributed by atoms with E-state index in [0.717, 1.165) is 45.5 Å². The Balaban J connectivity index is 1.44. The number of pyridine rings is 1. The number of esters is 1. The second-order valence-electron chi connectivity index (χ2n) is 12.5. The summed E-state index contributed by atoms with van der Waals surface area (Å²) in [5, 5.41) is 6.59. The molecule has 3 N–H and O–H groups in total. The summed E-state index contributed by atoms with van der Waals surface area (Å²) < 4.78 is 20.3. The first-order valence-electron chi connectivity index (χ1n) is 15.2. The maximum atomic E-state index is 13.5. The van der Waals surface area contributed by atoms with Crippen molar-refractivity contribution in [2.75, 3.05) is 20.3 Å². The Morgan fingerprint density at radius 1 is 1.23 bits per heavy atom. The average molecular weight is 600 g/mol. The number of ether oxygens (including phenoxy) is 2. The summed E-state index contributed by atoms with van der Waals surface area (Å²) in [5.41, 5.74) is 14.6. The number of nitrogens with two attached hydrogens (primary N) is 1. The Morgan fingerprint density at radius 2 is 2.07 bits per heavy atom. The molecule has 1 unspecified atom stereocenters. The van der Waals surface area contributed by atoms with Crippen molar-refractivity contribution in [1.29, 1.82) is 0 Å². The van der Waals surface area contributed by atoms with Crippen LogP contribution >= 0.6 is 0 Å². The van der Waals surface area contributed by atoms with Gasteiger partial charge in [-0.05, 0) is 55.7 Å². The largest absolute Gasteiger partial charge is 0.464 e. The molecule has 44 heavy (non-hydrogen) atoms. The van der Waals surface area contributed by atoms with Gasteiger partial charge in [0, 0.05) is 66.2 Å². The van der Waals surface area contributed by atoms with E-state index in [0.29, 0.717) is 31.1 Å². The molecule has 0 saturated carbocycles. The summed E-state index contributed by atoms with van der Waals surface area (Å²) >= 11 is 0. The Kier molecular flexibility index (Phi) is 7.02. The van der Waals surface area contributed by atoms with Crippen LogP contribution in [0, 0.1) is 5.41 Å². The van der Waals surface area contributed by atoms with Crippen LogP contribution in [0.1, 0.15) is 62.7 Å². The number of cyclic esters (lactones) is 1. The quantitative estimate of drug-likeness (QED) is 0.328. The number of hydrogen-bond donors (Lipinski definition) is 2. The van der Waals surface area contributed by atoms with Crippen LogP contribution in [-0.4, -0.2) is 68.9 Å². The van der Waals surface area contributed by atoms with E-state index in [1.54, 1.807) is 13.3 Å². The van der Waals surface area contributed by atoms with Crippen LogP contribution in [0.3, 0.4) is 0 Å². The summed E-state index contributed by atoms with van der Waals surface area (Å²) in [6.45, 7) is 7.63. The van der Waals surface area contributed by atoms with Crippen molar-refractivity contribution < 1.29 is 23.6 Å². The number of carbonyl (C=O) groups excluding carboxylic acids is 2. The van der Waals surface area contributed by atoms with Crippen molar-refractivity contribution in [2.45, 2.75) is 70.7 Å². The molecule has 7 rings (SSSR count). The number of methoxy groups -OCH3 is 1. The third-order valence-corrected chi connectivity index (χ3v) is 9.25. The van der Waals surface area contributed by atoms with Crippen LogP contribution in [0.15, 0.2) is 41.1 Å². The van der Waals surface area contributed by atoms with Crippen molar-refractivity contribution in [3.63, 3.8) is 0 Å². The SMILES string of the molecule is CCn1c2c3c4cc(ccc41)-c1nc(no1)C[C@H](N)C(=O)N1CCC[C@H](N1)C(=O)OCC(C)(C)C3[C@H](OC)c1ncccc1-2. The number of nitrogens with zero attached hydrogens (tertiary/aromatic N) is 5. The van der Waals surface area contributed by atoms with Crippen LogP contribution in [0.25, 0.3) is 33.6 Å². The van der Waals surface area contributed by atoms with E-state index < -0.39 is 29.6 Å². The lowest BCUT2D eigenvalue weighted by Gasteiger charge is -2.42. The van der Waals surface area contributed by atoms with Gasteiger partial charge in [0.1, 0.15) is 12.1 Å². The molecule has 3 aliphatic rings. The molecule has 4 aromatic rings. The number of hydrazine groups is 1. The Morgan fingerprint density at radius 3 is 2.86 bits per heavy atom. The lowest BCUT2D eigenvalue weighted by atomic mass is 9.67. The highest BCUT2D eigenvalue weighted by Crippen LogP contribution is 2.57. The Labute approximate surface area is 254 Å². The van der Waals surface area contributed by atoms with E-state index in [9.17, 15) is 9.59 Å². The van der Waals surface area contributed by atoms with Gasteiger partial charge in [-0.25, -0.2) is 5.43 Å². The van der Waals surface area contributed by atoms with Gasteiger partial charge in [0.25, 0.3) is 11.8 Å². The lowest BCUT2D eigenvalue weighted by molar-refractivity contribution is -0.156. The molecule has 2 aliphatic heterocycles. The fourth-order valence-corrected chi connectivity index (χ4v) is 7.15. The van der Waals surface area contributed by atoms with Crippen molar-refractivity contribution in [3.8, 4) is 22.7 Å². The predicted octanol–water partition coefficient (Wildman–Crippen LogP) is 3.51. The van der Waals surface area contributed by atoms with E-state index >= 15 is 0 Å². The van der Waals surface area contributed by atoms with Crippen molar-refractivity contribution in [1.82, 2.24) is 30.1 Å². The van der Waals surface area contributed by atoms with E-state index in [1.807, 2.05) is 12.1 Å². The molecule has 1 fully saturated rings. The number of benzene rings is 1. The number of aryl methyl sites for hydroxylation is 1. The Hall–Kier alpha value is -4.13. The maximum absolute atomic E-state index is 13.5. The molecular formula is C32H37N7O5. The summed E-state index contributed by atoms with van der Waals surface area (Å²) in [6, 6.07) is 8.59. The third kappa shape index (κ3) is 4.51. The van der Waals surface area contributed by atoms with Gasteiger partial charge in [0.2, 0.25) is 0 Å². The minimum atomic E-state index is -0.908. The molecule has 1 saturated heterocycles. The molecule has 12 heteroatoms. The highest BCUT2D eigenvalue weighted by Gasteiger charge is 2.47. The summed E-state index contributed by atoms with van der Waals surface area (Å²) in [7, 11) is 1.70. The molecule has 3 aromatic heterocycles. The van der Waals surface area contributed by atoms with E-state index in [-0.39, 0.29) is 24.9 Å². The van der Waals surface area contributed by atoms with Gasteiger partial charge >= 0.3 is 5.97 Å². The van der Waals surface area contributed by atoms with Gasteiger partial charge in [0.15, 0.2) is 5.82 Å². The number of amides is 1. The molecule has 0 radical (unpaired) electrons. The number of nitrogens with one attached hydrogen (secondary N) is 1. The smallest absolute Gasteiger partial charge is 0.324 e. The molecule has 1 amide bonds. The van der Waals surface area contributed by atoms with Crippen LogP contribution < -0.4 is 11.2 Å². The first kappa shape index (κ1) is 28.6. The number of carbonyl (C=O) groups is 2. The third-order valence-electron chi connectivity index (χ3n) is 9.25. The zero-order valence-corrected chi connectivity index (χ0v) is 25.4. The standard InChI is InChI=1S/C32H37N7O5/c1-5-38-22-11-10-17-14-19(22)24-25(28(42-4)26-18(27(24)38)8-6-12-34-26)32(2,3)16-43-31(41)21-9-7-13-39(36-21)30(40)20(33)15-23-35-29(17)44-37-23/h6,8,10-12,14,20-21,25,28,36H,5,7,9,13,15-16,33H2,1-4H3/t20-,21-,25?,28-/m0/s1. The second kappa shape index (κ2) is 10.8. The topological polar surface area (TPSA) is 151 Å². The molecule has 1 aliphatic carbocycles. The molecule has 0 spiro atoms. The minimum absolute atomic E-state index is 0.0923. The van der Waals surface area contributed by atoms with Gasteiger partial charge in [-0.3, -0.25) is 19.6 Å². The van der Waals surface area contributed by atoms with Gasteiger partial charge < -0.3 is 24.3 Å². The van der Waals surface area contributed by atoms with Gasteiger partial charge in [-0.15, -0.1) is 0 Å². The highest BCUT2D eigenvalue weighted by molar-refractivity contribution is 5.96. The Bertz CT molecular complexity index is 1760. The molecule has 5 heterocycles. The molecule has 4 atom stereocenters. The van der Waals surface area contributed by atoms with Crippen LogP contribution in [-0.2, 0) is 32.0 Å². The zero-order valence-electron chi connectivity index (χ0n) is 25.4. The number of aromatic nitrogens is 4. The van der Waals surface area contributed by atoms with E-state index in [1.165, 1.54) is 5.01 Å². The van der Waals surface area contributed by atoms with Crippen LogP contribution in [0.4, 0.5) is 0 Å². The monoisotopic (exact) mass is 599 g/mol. The van der Waals surface area contributed by atoms with Gasteiger partial charge in [0.05, 0.1) is 24.0 Å². The molecule has 230 valence electrons. The number of rotatable bonds is 2. The number of fused-ring (bicyclic) bond motifs is 8. The fourth-order valence-electron chi connectivity index (χ4n) is 7.15. The minimum Gasteiger partial charge on any atom is -0.464 e. The van der Waals surface area contributed by atoms with Crippen molar-refractivity contribution in [3.05, 3.63) is 53.6 Å². The maximum Gasteiger partial charge on any atom is 0.324 e. The van der Waals surface area contributed by atoms with Crippen molar-refractivity contribution >= 4 is 22.8 Å². The van der Waals surface area contributed by atoms with E-state index in [2.05, 4.69) is 59.1 Å². The second-order valence-corrected chi connectivity index (χ2v) is 12.5. The molecule has 1 aromatic carbocycles. The normalized spacial score (nSPS) is 25.0. The fraction of sp³-hybridized carbons (Fsp3) is 0.469. The predicted molar refractivity (Wildman–Crippen MR) is 161 cm³/mol. The van der Waals surface area contributed by atoms with Gasteiger partial charge in [-0.1, -0.05) is 19.0 Å². The van der Waals surface area contributed by atoms with Gasteiger partial charge in [-0.2, -0.15) is 4.98 Å². The summed E-state index contributed by atoms with van der Waals surface area (Å²) in [6.07, 6.45) is 2.68. The first-order chi connectivity index (χ1) is 21.2. The van der Waals surface area contributed by atoms with E-state index in [4.69, 9.17) is 24.7 Å².